The van der Waals surface area contributed by atoms with E-state index in [-0.39, 0.29) is 10.8 Å². The Bertz CT molecular complexity index is 467. The van der Waals surface area contributed by atoms with E-state index in [1.807, 2.05) is 7.05 Å². The van der Waals surface area contributed by atoms with E-state index in [0.717, 1.165) is 6.54 Å². The number of likely N-dealkylation sites (N-methyl/N-ethyl adjacent to an activating group) is 1. The van der Waals surface area contributed by atoms with Gasteiger partial charge in [0, 0.05) is 17.2 Å². The van der Waals surface area contributed by atoms with Gasteiger partial charge in [-0.15, -0.1) is 34.5 Å². The molecule has 0 saturated carbocycles. The second kappa shape index (κ2) is 5.37. The van der Waals surface area contributed by atoms with E-state index in [9.17, 15) is 0 Å². The second-order valence-corrected chi connectivity index (χ2v) is 5.83. The van der Waals surface area contributed by atoms with E-state index in [4.69, 9.17) is 23.2 Å². The SMILES string of the molecule is CNCC(c1ccc2sccc2c1)C(Cl)Cl. The van der Waals surface area contributed by atoms with Gasteiger partial charge in [-0.3, -0.25) is 0 Å². The van der Waals surface area contributed by atoms with Crippen LogP contribution >= 0.6 is 34.5 Å². The minimum absolute atomic E-state index is 0.137. The summed E-state index contributed by atoms with van der Waals surface area (Å²) >= 11 is 13.8. The van der Waals surface area contributed by atoms with Crippen molar-refractivity contribution in [3.63, 3.8) is 0 Å². The molecule has 0 aliphatic carbocycles. The summed E-state index contributed by atoms with van der Waals surface area (Å²) in [5.74, 6) is 0.137. The van der Waals surface area contributed by atoms with Crippen molar-refractivity contribution in [1.29, 1.82) is 0 Å². The van der Waals surface area contributed by atoms with Gasteiger partial charge in [-0.25, -0.2) is 0 Å². The van der Waals surface area contributed by atoms with Crippen LogP contribution in [0.15, 0.2) is 29.6 Å². The van der Waals surface area contributed by atoms with Crippen LogP contribution in [0.1, 0.15) is 11.5 Å². The third kappa shape index (κ3) is 2.51. The van der Waals surface area contributed by atoms with Crippen molar-refractivity contribution < 1.29 is 0 Å². The average Bonchev–Trinajstić information content (AvgIpc) is 2.72. The average molecular weight is 274 g/mol. The Hall–Kier alpha value is -0.280. The van der Waals surface area contributed by atoms with Crippen molar-refractivity contribution >= 4 is 44.6 Å². The van der Waals surface area contributed by atoms with Gasteiger partial charge >= 0.3 is 0 Å². The summed E-state index contributed by atoms with van der Waals surface area (Å²) < 4.78 is 1.30. The standard InChI is InChI=1S/C12H13Cl2NS/c1-15-7-10(12(13)14)8-2-3-11-9(6-8)4-5-16-11/h2-6,10,12,15H,7H2,1H3. The molecule has 0 fully saturated rings. The summed E-state index contributed by atoms with van der Waals surface area (Å²) in [5, 5.41) is 6.48. The first-order valence-corrected chi connectivity index (χ1v) is 6.87. The van der Waals surface area contributed by atoms with Crippen molar-refractivity contribution in [2.75, 3.05) is 13.6 Å². The van der Waals surface area contributed by atoms with E-state index in [1.165, 1.54) is 15.6 Å². The Morgan fingerprint density at radius 2 is 2.12 bits per heavy atom. The molecule has 0 spiro atoms. The fourth-order valence-corrected chi connectivity index (χ4v) is 3.03. The third-order valence-electron chi connectivity index (χ3n) is 2.63. The van der Waals surface area contributed by atoms with Crippen LogP contribution in [0.5, 0.6) is 0 Å². The maximum Gasteiger partial charge on any atom is 0.115 e. The van der Waals surface area contributed by atoms with Gasteiger partial charge in [-0.2, -0.15) is 0 Å². The summed E-state index contributed by atoms with van der Waals surface area (Å²) in [5.41, 5.74) is 1.19. The number of alkyl halides is 2. The molecular formula is C12H13Cl2NS. The summed E-state index contributed by atoms with van der Waals surface area (Å²) in [6, 6.07) is 8.54. The highest BCUT2D eigenvalue weighted by atomic mass is 35.5. The third-order valence-corrected chi connectivity index (χ3v) is 4.14. The molecule has 0 amide bonds. The smallest absolute Gasteiger partial charge is 0.115 e. The van der Waals surface area contributed by atoms with Crippen molar-refractivity contribution in [2.45, 2.75) is 10.8 Å². The van der Waals surface area contributed by atoms with Crippen molar-refractivity contribution in [3.05, 3.63) is 35.2 Å². The van der Waals surface area contributed by atoms with Gasteiger partial charge in [0.25, 0.3) is 0 Å². The molecule has 16 heavy (non-hydrogen) atoms. The van der Waals surface area contributed by atoms with Gasteiger partial charge in [-0.05, 0) is 41.6 Å². The molecule has 2 aromatic rings. The lowest BCUT2D eigenvalue weighted by molar-refractivity contribution is 0.663. The maximum atomic E-state index is 6.01. The molecule has 1 N–H and O–H groups in total. The fourth-order valence-electron chi connectivity index (χ4n) is 1.79. The summed E-state index contributed by atoms with van der Waals surface area (Å²) in [6.07, 6.45) is 0. The van der Waals surface area contributed by atoms with Crippen LogP contribution in [0, 0.1) is 0 Å². The van der Waals surface area contributed by atoms with Crippen LogP contribution < -0.4 is 5.32 Å². The Kier molecular flexibility index (Phi) is 4.09. The number of halogens is 2. The van der Waals surface area contributed by atoms with Crippen LogP contribution in [-0.2, 0) is 0 Å². The molecule has 0 saturated heterocycles. The molecule has 1 heterocycles. The van der Waals surface area contributed by atoms with Crippen molar-refractivity contribution in [1.82, 2.24) is 5.32 Å². The van der Waals surface area contributed by atoms with Crippen molar-refractivity contribution in [3.8, 4) is 0 Å². The highest BCUT2D eigenvalue weighted by Gasteiger charge is 2.18. The second-order valence-electron chi connectivity index (χ2n) is 3.72. The molecule has 1 nitrogen and oxygen atoms in total. The van der Waals surface area contributed by atoms with Gasteiger partial charge < -0.3 is 5.32 Å². The number of thiophene rings is 1. The Morgan fingerprint density at radius 1 is 1.31 bits per heavy atom. The first-order valence-electron chi connectivity index (χ1n) is 5.12. The number of rotatable bonds is 4. The molecule has 1 aromatic carbocycles. The predicted molar refractivity (Wildman–Crippen MR) is 74.0 cm³/mol. The number of fused-ring (bicyclic) bond motifs is 1. The van der Waals surface area contributed by atoms with Crippen LogP contribution in [0.4, 0.5) is 0 Å². The molecule has 4 heteroatoms. The quantitative estimate of drug-likeness (QED) is 0.831. The molecular weight excluding hydrogens is 261 g/mol. The van der Waals surface area contributed by atoms with Crippen LogP contribution in [-0.4, -0.2) is 18.4 Å². The predicted octanol–water partition coefficient (Wildman–Crippen LogP) is 4.01. The molecule has 0 aliphatic heterocycles. The summed E-state index contributed by atoms with van der Waals surface area (Å²) in [7, 11) is 1.91. The lowest BCUT2D eigenvalue weighted by atomic mass is 10.00. The van der Waals surface area contributed by atoms with Crippen LogP contribution in [0.3, 0.4) is 0 Å². The zero-order valence-corrected chi connectivity index (χ0v) is 11.2. The van der Waals surface area contributed by atoms with Gasteiger partial charge in [-0.1, -0.05) is 6.07 Å². The lowest BCUT2D eigenvalue weighted by Gasteiger charge is -2.18. The topological polar surface area (TPSA) is 12.0 Å². The van der Waals surface area contributed by atoms with E-state index >= 15 is 0 Å². The lowest BCUT2D eigenvalue weighted by Crippen LogP contribution is -2.21. The zero-order valence-electron chi connectivity index (χ0n) is 8.91. The summed E-state index contributed by atoms with van der Waals surface area (Å²) in [4.78, 5) is -0.386. The Labute approximate surface area is 109 Å². The normalized spacial score (nSPS) is 13.5. The molecule has 1 unspecified atom stereocenters. The van der Waals surface area contributed by atoms with E-state index < -0.39 is 0 Å². The molecule has 2 rings (SSSR count). The van der Waals surface area contributed by atoms with Gasteiger partial charge in [0.1, 0.15) is 4.84 Å². The first-order chi connectivity index (χ1) is 7.72. The highest BCUT2D eigenvalue weighted by molar-refractivity contribution is 7.17. The van der Waals surface area contributed by atoms with Crippen molar-refractivity contribution in [2.24, 2.45) is 0 Å². The molecule has 86 valence electrons. The van der Waals surface area contributed by atoms with E-state index in [2.05, 4.69) is 35.0 Å². The Balaban J connectivity index is 2.35. The minimum Gasteiger partial charge on any atom is -0.319 e. The monoisotopic (exact) mass is 273 g/mol. The molecule has 0 radical (unpaired) electrons. The molecule has 0 bridgehead atoms. The van der Waals surface area contributed by atoms with E-state index in [0.29, 0.717) is 0 Å². The number of benzene rings is 1. The van der Waals surface area contributed by atoms with Crippen LogP contribution in [0.25, 0.3) is 10.1 Å². The minimum atomic E-state index is -0.386. The number of hydrogen-bond acceptors (Lipinski definition) is 2. The Morgan fingerprint density at radius 3 is 2.81 bits per heavy atom. The van der Waals surface area contributed by atoms with Gasteiger partial charge in [0.15, 0.2) is 0 Å². The molecule has 1 atom stereocenters. The molecule has 0 aliphatic rings. The largest absolute Gasteiger partial charge is 0.319 e. The highest BCUT2D eigenvalue weighted by Crippen LogP contribution is 2.30. The van der Waals surface area contributed by atoms with Crippen LogP contribution in [0.2, 0.25) is 0 Å². The molecule has 1 aromatic heterocycles. The van der Waals surface area contributed by atoms with Gasteiger partial charge in [0.05, 0.1) is 0 Å². The van der Waals surface area contributed by atoms with E-state index in [1.54, 1.807) is 11.3 Å². The summed E-state index contributed by atoms with van der Waals surface area (Å²) in [6.45, 7) is 0.785. The fraction of sp³-hybridized carbons (Fsp3) is 0.333. The number of hydrogen-bond donors (Lipinski definition) is 1. The first kappa shape index (κ1) is 12.2. The van der Waals surface area contributed by atoms with Gasteiger partial charge in [0.2, 0.25) is 0 Å². The zero-order chi connectivity index (χ0) is 11.5. The number of nitrogens with one attached hydrogen (secondary N) is 1. The maximum absolute atomic E-state index is 6.01.